The topological polar surface area (TPSA) is 111 Å². The van der Waals surface area contributed by atoms with Crippen molar-refractivity contribution in [2.75, 3.05) is 37.6 Å². The standard InChI is InChI=1S/C20H23N5O3S2/c1-25(30(27,28)18-7-2-3-8-22-18)17-6-4-5-14-11-16(24-19(14)17)20-23-13-15(29-20)12-21-9-10-26/h2-8,11,15,21,24,26H,9-10,12-13H2,1H3. The van der Waals surface area contributed by atoms with Crippen molar-refractivity contribution in [1.29, 1.82) is 0 Å². The summed E-state index contributed by atoms with van der Waals surface area (Å²) in [5, 5.41) is 14.2. The lowest BCUT2D eigenvalue weighted by molar-refractivity contribution is 0.292. The second kappa shape index (κ2) is 8.76. The zero-order chi connectivity index (χ0) is 21.1. The Morgan fingerprint density at radius 2 is 2.17 bits per heavy atom. The normalized spacial score (nSPS) is 16.7. The molecular formula is C20H23N5O3S2. The lowest BCUT2D eigenvalue weighted by Gasteiger charge is -2.19. The zero-order valence-corrected chi connectivity index (χ0v) is 18.1. The van der Waals surface area contributed by atoms with Gasteiger partial charge in [0.15, 0.2) is 5.03 Å². The molecule has 0 fully saturated rings. The number of anilines is 1. The van der Waals surface area contributed by atoms with Gasteiger partial charge in [-0.25, -0.2) is 4.98 Å². The molecule has 3 heterocycles. The quantitative estimate of drug-likeness (QED) is 0.456. The van der Waals surface area contributed by atoms with E-state index in [1.54, 1.807) is 30.0 Å². The van der Waals surface area contributed by atoms with Gasteiger partial charge in [-0.05, 0) is 24.3 Å². The molecule has 0 aliphatic carbocycles. The third-order valence-electron chi connectivity index (χ3n) is 4.84. The summed E-state index contributed by atoms with van der Waals surface area (Å²) in [7, 11) is -2.25. The summed E-state index contributed by atoms with van der Waals surface area (Å²) in [4.78, 5) is 12.0. The van der Waals surface area contributed by atoms with E-state index >= 15 is 0 Å². The monoisotopic (exact) mass is 445 g/mol. The molecule has 10 heteroatoms. The van der Waals surface area contributed by atoms with Crippen LogP contribution in [0.15, 0.2) is 58.7 Å². The van der Waals surface area contributed by atoms with Gasteiger partial charge >= 0.3 is 0 Å². The number of aliphatic hydroxyl groups excluding tert-OH is 1. The van der Waals surface area contributed by atoms with E-state index in [9.17, 15) is 8.42 Å². The van der Waals surface area contributed by atoms with Crippen LogP contribution in [0.3, 0.4) is 0 Å². The molecule has 1 aromatic carbocycles. The maximum absolute atomic E-state index is 13.0. The van der Waals surface area contributed by atoms with Crippen LogP contribution < -0.4 is 9.62 Å². The van der Waals surface area contributed by atoms with Gasteiger partial charge in [-0.3, -0.25) is 9.30 Å². The van der Waals surface area contributed by atoms with Crippen LogP contribution in [0.5, 0.6) is 0 Å². The summed E-state index contributed by atoms with van der Waals surface area (Å²) in [5.74, 6) is 0. The number of hydrogen-bond donors (Lipinski definition) is 3. The third kappa shape index (κ3) is 4.08. The van der Waals surface area contributed by atoms with E-state index in [0.717, 1.165) is 28.2 Å². The number of rotatable bonds is 8. The van der Waals surface area contributed by atoms with Crippen molar-refractivity contribution in [3.63, 3.8) is 0 Å². The molecule has 0 spiro atoms. The van der Waals surface area contributed by atoms with Gasteiger partial charge in [-0.2, -0.15) is 8.42 Å². The summed E-state index contributed by atoms with van der Waals surface area (Å²) in [6, 6.07) is 12.4. The largest absolute Gasteiger partial charge is 0.395 e. The summed E-state index contributed by atoms with van der Waals surface area (Å²) in [6.07, 6.45) is 1.47. The van der Waals surface area contributed by atoms with E-state index in [0.29, 0.717) is 24.0 Å². The van der Waals surface area contributed by atoms with Crippen molar-refractivity contribution >= 4 is 43.4 Å². The Morgan fingerprint density at radius 1 is 1.30 bits per heavy atom. The number of aliphatic hydroxyl groups is 1. The van der Waals surface area contributed by atoms with E-state index in [2.05, 4.69) is 20.3 Å². The number of hydrogen-bond acceptors (Lipinski definition) is 7. The number of aromatic amines is 1. The van der Waals surface area contributed by atoms with Gasteiger partial charge in [0, 0.05) is 37.0 Å². The summed E-state index contributed by atoms with van der Waals surface area (Å²) >= 11 is 1.68. The molecule has 3 aromatic rings. The first kappa shape index (κ1) is 20.9. The molecule has 4 rings (SSSR count). The molecule has 1 atom stereocenters. The fraction of sp³-hybridized carbons (Fsp3) is 0.300. The van der Waals surface area contributed by atoms with Crippen LogP contribution in [0.1, 0.15) is 5.69 Å². The van der Waals surface area contributed by atoms with Gasteiger partial charge in [-0.15, -0.1) is 0 Å². The van der Waals surface area contributed by atoms with Crippen LogP contribution >= 0.6 is 11.8 Å². The van der Waals surface area contributed by atoms with Crippen molar-refractivity contribution < 1.29 is 13.5 Å². The first-order valence-electron chi connectivity index (χ1n) is 9.55. The number of fused-ring (bicyclic) bond motifs is 1. The van der Waals surface area contributed by atoms with Gasteiger partial charge in [0.2, 0.25) is 0 Å². The molecule has 1 aliphatic heterocycles. The fourth-order valence-electron chi connectivity index (χ4n) is 3.30. The predicted octanol–water partition coefficient (Wildman–Crippen LogP) is 1.83. The van der Waals surface area contributed by atoms with E-state index in [-0.39, 0.29) is 11.6 Å². The van der Waals surface area contributed by atoms with E-state index in [4.69, 9.17) is 5.11 Å². The molecule has 0 saturated heterocycles. The Bertz CT molecular complexity index is 1160. The van der Waals surface area contributed by atoms with E-state index in [1.165, 1.54) is 23.6 Å². The van der Waals surface area contributed by atoms with Crippen LogP contribution in [-0.2, 0) is 10.0 Å². The van der Waals surface area contributed by atoms with Crippen LogP contribution in [0, 0.1) is 0 Å². The van der Waals surface area contributed by atoms with Gasteiger partial charge in [0.25, 0.3) is 10.0 Å². The van der Waals surface area contributed by atoms with Gasteiger partial charge in [0.05, 0.1) is 30.0 Å². The lowest BCUT2D eigenvalue weighted by Crippen LogP contribution is -2.27. The number of sulfonamides is 1. The van der Waals surface area contributed by atoms with E-state index in [1.807, 2.05) is 18.2 Å². The minimum Gasteiger partial charge on any atom is -0.395 e. The average molecular weight is 446 g/mol. The lowest BCUT2D eigenvalue weighted by atomic mass is 10.2. The number of H-pyrrole nitrogens is 1. The third-order valence-corrected chi connectivity index (χ3v) is 7.75. The Balaban J connectivity index is 1.61. The second-order valence-electron chi connectivity index (χ2n) is 6.88. The minimum absolute atomic E-state index is 0.00484. The van der Waals surface area contributed by atoms with Gasteiger partial charge < -0.3 is 15.4 Å². The molecule has 2 aromatic heterocycles. The smallest absolute Gasteiger partial charge is 0.281 e. The van der Waals surface area contributed by atoms with E-state index < -0.39 is 10.0 Å². The molecule has 0 bridgehead atoms. The molecule has 158 valence electrons. The van der Waals surface area contributed by atoms with Crippen molar-refractivity contribution in [2.24, 2.45) is 4.99 Å². The molecule has 1 aliphatic rings. The highest BCUT2D eigenvalue weighted by Crippen LogP contribution is 2.32. The molecule has 30 heavy (non-hydrogen) atoms. The molecular weight excluding hydrogens is 422 g/mol. The van der Waals surface area contributed by atoms with Crippen molar-refractivity contribution in [3.05, 3.63) is 54.4 Å². The summed E-state index contributed by atoms with van der Waals surface area (Å²) < 4.78 is 27.3. The number of nitrogens with zero attached hydrogens (tertiary/aromatic N) is 3. The minimum atomic E-state index is -3.78. The highest BCUT2D eigenvalue weighted by molar-refractivity contribution is 8.15. The number of benzene rings is 1. The summed E-state index contributed by atoms with van der Waals surface area (Å²) in [5.41, 5.74) is 2.16. The molecule has 0 saturated carbocycles. The maximum atomic E-state index is 13.0. The van der Waals surface area contributed by atoms with Gasteiger partial charge in [0.1, 0.15) is 5.04 Å². The van der Waals surface area contributed by atoms with Crippen molar-refractivity contribution in [3.8, 4) is 0 Å². The number of aromatic nitrogens is 2. The number of aliphatic imine (C=N–C) groups is 1. The Morgan fingerprint density at radius 3 is 2.93 bits per heavy atom. The highest BCUT2D eigenvalue weighted by atomic mass is 32.2. The van der Waals surface area contributed by atoms with Gasteiger partial charge in [-0.1, -0.05) is 30.0 Å². The fourth-order valence-corrected chi connectivity index (χ4v) is 5.49. The molecule has 3 N–H and O–H groups in total. The highest BCUT2D eigenvalue weighted by Gasteiger charge is 2.26. The Hall–Kier alpha value is -2.40. The number of para-hydroxylation sites is 1. The Kier molecular flexibility index (Phi) is 6.09. The molecule has 8 nitrogen and oxygen atoms in total. The SMILES string of the molecule is CN(c1cccc2cc(C3=NCC(CNCCO)S3)[nH]c12)S(=O)(=O)c1ccccn1. The van der Waals surface area contributed by atoms with Crippen molar-refractivity contribution in [2.45, 2.75) is 10.3 Å². The first-order valence-corrected chi connectivity index (χ1v) is 11.9. The number of pyridine rings is 1. The molecule has 0 amide bonds. The Labute approximate surface area is 179 Å². The number of thioether (sulfide) groups is 1. The van der Waals surface area contributed by atoms with Crippen LogP contribution in [-0.4, -0.2) is 67.1 Å². The molecule has 0 radical (unpaired) electrons. The second-order valence-corrected chi connectivity index (χ2v) is 10.1. The first-order chi connectivity index (χ1) is 14.5. The summed E-state index contributed by atoms with van der Waals surface area (Å²) in [6.45, 7) is 2.16. The molecule has 1 unspecified atom stereocenters. The average Bonchev–Trinajstić information content (AvgIpc) is 3.40. The predicted molar refractivity (Wildman–Crippen MR) is 121 cm³/mol. The number of nitrogens with one attached hydrogen (secondary N) is 2. The van der Waals surface area contributed by atoms with Crippen LogP contribution in [0.4, 0.5) is 5.69 Å². The van der Waals surface area contributed by atoms with Crippen LogP contribution in [0.2, 0.25) is 0 Å². The zero-order valence-electron chi connectivity index (χ0n) is 16.4. The van der Waals surface area contributed by atoms with Crippen molar-refractivity contribution in [1.82, 2.24) is 15.3 Å². The van der Waals surface area contributed by atoms with Crippen LogP contribution in [0.25, 0.3) is 10.9 Å². The maximum Gasteiger partial charge on any atom is 0.281 e.